The van der Waals surface area contributed by atoms with E-state index in [-0.39, 0.29) is 0 Å². The van der Waals surface area contributed by atoms with Crippen LogP contribution in [0.5, 0.6) is 5.75 Å². The summed E-state index contributed by atoms with van der Waals surface area (Å²) in [6, 6.07) is 8.07. The molecule has 0 atom stereocenters. The number of aryl methyl sites for hydroxylation is 3. The van der Waals surface area contributed by atoms with Crippen molar-refractivity contribution in [3.05, 3.63) is 45.4 Å². The van der Waals surface area contributed by atoms with Crippen molar-refractivity contribution in [1.82, 2.24) is 15.6 Å². The number of rotatable bonds is 7. The van der Waals surface area contributed by atoms with E-state index in [1.165, 1.54) is 10.4 Å². The lowest BCUT2D eigenvalue weighted by Crippen LogP contribution is -2.40. The summed E-state index contributed by atoms with van der Waals surface area (Å²) in [5.41, 5.74) is 2.37. The van der Waals surface area contributed by atoms with Crippen LogP contribution < -0.4 is 15.4 Å². The van der Waals surface area contributed by atoms with Crippen molar-refractivity contribution in [1.29, 1.82) is 0 Å². The van der Waals surface area contributed by atoms with Gasteiger partial charge in [0.1, 0.15) is 12.4 Å². The van der Waals surface area contributed by atoms with Gasteiger partial charge < -0.3 is 15.4 Å². The second kappa shape index (κ2) is 9.27. The molecule has 0 fully saturated rings. The van der Waals surface area contributed by atoms with Crippen molar-refractivity contribution in [3.8, 4) is 5.75 Å². The van der Waals surface area contributed by atoms with Crippen molar-refractivity contribution in [3.63, 3.8) is 0 Å². The maximum atomic E-state index is 5.70. The van der Waals surface area contributed by atoms with Crippen LogP contribution in [0.25, 0.3) is 0 Å². The average molecular weight is 347 g/mol. The highest BCUT2D eigenvalue weighted by Crippen LogP contribution is 2.17. The van der Waals surface area contributed by atoms with Crippen LogP contribution >= 0.6 is 11.3 Å². The third-order valence-corrected chi connectivity index (χ3v) is 4.68. The highest BCUT2D eigenvalue weighted by atomic mass is 32.1. The second-order valence-corrected chi connectivity index (χ2v) is 6.87. The number of aliphatic imine (C=N–C) groups is 1. The first kappa shape index (κ1) is 18.3. The maximum Gasteiger partial charge on any atom is 0.191 e. The Hall–Kier alpha value is -2.08. The minimum Gasteiger partial charge on any atom is -0.492 e. The molecule has 130 valence electrons. The lowest BCUT2D eigenvalue weighted by Gasteiger charge is -2.12. The van der Waals surface area contributed by atoms with E-state index >= 15 is 0 Å². The first-order chi connectivity index (χ1) is 11.6. The first-order valence-electron chi connectivity index (χ1n) is 8.15. The molecule has 0 bridgehead atoms. The SMILES string of the molecule is CN=C(NCCOc1ccc(C)cc1)NCCc1sc(C)nc1C. The third kappa shape index (κ3) is 5.85. The van der Waals surface area contributed by atoms with Gasteiger partial charge in [0.25, 0.3) is 0 Å². The van der Waals surface area contributed by atoms with E-state index in [4.69, 9.17) is 4.74 Å². The van der Waals surface area contributed by atoms with Crippen LogP contribution in [-0.4, -0.2) is 37.7 Å². The Balaban J connectivity index is 1.65. The smallest absolute Gasteiger partial charge is 0.191 e. The molecule has 0 spiro atoms. The van der Waals surface area contributed by atoms with E-state index in [1.807, 2.05) is 31.2 Å². The lowest BCUT2D eigenvalue weighted by atomic mass is 10.2. The summed E-state index contributed by atoms with van der Waals surface area (Å²) < 4.78 is 5.70. The molecular weight excluding hydrogens is 320 g/mol. The Morgan fingerprint density at radius 2 is 1.83 bits per heavy atom. The van der Waals surface area contributed by atoms with E-state index < -0.39 is 0 Å². The fraction of sp³-hybridized carbons (Fsp3) is 0.444. The normalized spacial score (nSPS) is 11.4. The number of ether oxygens (including phenoxy) is 1. The minimum absolute atomic E-state index is 0.594. The molecular formula is C18H26N4OS. The molecule has 0 aliphatic carbocycles. The largest absolute Gasteiger partial charge is 0.492 e. The molecule has 0 saturated carbocycles. The first-order valence-corrected chi connectivity index (χ1v) is 8.97. The van der Waals surface area contributed by atoms with Gasteiger partial charge in [-0.3, -0.25) is 4.99 Å². The zero-order chi connectivity index (χ0) is 17.4. The number of aromatic nitrogens is 1. The fourth-order valence-corrected chi connectivity index (χ4v) is 3.23. The summed E-state index contributed by atoms with van der Waals surface area (Å²) in [7, 11) is 1.78. The quantitative estimate of drug-likeness (QED) is 0.460. The Kier molecular flexibility index (Phi) is 7.06. The number of nitrogens with one attached hydrogen (secondary N) is 2. The molecule has 0 saturated heterocycles. The van der Waals surface area contributed by atoms with E-state index in [1.54, 1.807) is 18.4 Å². The van der Waals surface area contributed by atoms with Crippen LogP contribution in [0.15, 0.2) is 29.3 Å². The summed E-state index contributed by atoms with van der Waals surface area (Å²) in [5.74, 6) is 1.68. The summed E-state index contributed by atoms with van der Waals surface area (Å²) in [5, 5.41) is 7.70. The van der Waals surface area contributed by atoms with Crippen LogP contribution in [0.4, 0.5) is 0 Å². The lowest BCUT2D eigenvalue weighted by molar-refractivity contribution is 0.322. The third-order valence-electron chi connectivity index (χ3n) is 3.55. The summed E-state index contributed by atoms with van der Waals surface area (Å²) in [6.07, 6.45) is 0.956. The van der Waals surface area contributed by atoms with Gasteiger partial charge in [-0.05, 0) is 32.9 Å². The molecule has 2 aromatic rings. The number of guanidine groups is 1. The molecule has 0 radical (unpaired) electrons. The van der Waals surface area contributed by atoms with Crippen molar-refractivity contribution >= 4 is 17.3 Å². The predicted molar refractivity (Wildman–Crippen MR) is 101 cm³/mol. The van der Waals surface area contributed by atoms with Crippen molar-refractivity contribution in [2.45, 2.75) is 27.2 Å². The van der Waals surface area contributed by atoms with E-state index in [2.05, 4.69) is 34.5 Å². The van der Waals surface area contributed by atoms with Crippen LogP contribution in [0.1, 0.15) is 21.1 Å². The summed E-state index contributed by atoms with van der Waals surface area (Å²) >= 11 is 1.76. The number of nitrogens with zero attached hydrogens (tertiary/aromatic N) is 2. The van der Waals surface area contributed by atoms with Gasteiger partial charge in [-0.2, -0.15) is 0 Å². The van der Waals surface area contributed by atoms with Gasteiger partial charge in [0, 0.05) is 24.9 Å². The maximum absolute atomic E-state index is 5.70. The van der Waals surface area contributed by atoms with E-state index in [0.717, 1.165) is 35.4 Å². The van der Waals surface area contributed by atoms with Crippen LogP contribution in [-0.2, 0) is 6.42 Å². The molecule has 0 aliphatic heterocycles. The predicted octanol–water partition coefficient (Wildman–Crippen LogP) is 2.85. The van der Waals surface area contributed by atoms with Crippen molar-refractivity contribution in [2.24, 2.45) is 4.99 Å². The van der Waals surface area contributed by atoms with Gasteiger partial charge in [-0.1, -0.05) is 17.7 Å². The van der Waals surface area contributed by atoms with E-state index in [9.17, 15) is 0 Å². The van der Waals surface area contributed by atoms with Crippen LogP contribution in [0, 0.1) is 20.8 Å². The zero-order valence-corrected chi connectivity index (χ0v) is 15.7. The molecule has 0 amide bonds. The van der Waals surface area contributed by atoms with Gasteiger partial charge in [-0.25, -0.2) is 4.98 Å². The van der Waals surface area contributed by atoms with Gasteiger partial charge in [-0.15, -0.1) is 11.3 Å². The monoisotopic (exact) mass is 346 g/mol. The van der Waals surface area contributed by atoms with Crippen molar-refractivity contribution < 1.29 is 4.74 Å². The highest BCUT2D eigenvalue weighted by molar-refractivity contribution is 7.11. The topological polar surface area (TPSA) is 58.5 Å². The van der Waals surface area contributed by atoms with Crippen LogP contribution in [0.3, 0.4) is 0 Å². The van der Waals surface area contributed by atoms with Crippen molar-refractivity contribution in [2.75, 3.05) is 26.7 Å². The molecule has 1 heterocycles. The zero-order valence-electron chi connectivity index (χ0n) is 14.8. The van der Waals surface area contributed by atoms with Gasteiger partial charge in [0.15, 0.2) is 5.96 Å². The molecule has 1 aromatic heterocycles. The van der Waals surface area contributed by atoms with Gasteiger partial charge in [0.2, 0.25) is 0 Å². The average Bonchev–Trinajstić information content (AvgIpc) is 2.89. The molecule has 2 N–H and O–H groups in total. The highest BCUT2D eigenvalue weighted by Gasteiger charge is 2.05. The Labute approximate surface area is 148 Å². The fourth-order valence-electron chi connectivity index (χ4n) is 2.29. The van der Waals surface area contributed by atoms with Gasteiger partial charge >= 0.3 is 0 Å². The molecule has 6 heteroatoms. The molecule has 2 rings (SSSR count). The second-order valence-electron chi connectivity index (χ2n) is 5.58. The molecule has 0 unspecified atom stereocenters. The van der Waals surface area contributed by atoms with Crippen LogP contribution in [0.2, 0.25) is 0 Å². The number of benzene rings is 1. The summed E-state index contributed by atoms with van der Waals surface area (Å²) in [4.78, 5) is 10.0. The Morgan fingerprint density at radius 3 is 2.46 bits per heavy atom. The number of hydrogen-bond donors (Lipinski definition) is 2. The molecule has 24 heavy (non-hydrogen) atoms. The van der Waals surface area contributed by atoms with Gasteiger partial charge in [0.05, 0.1) is 17.2 Å². The molecule has 1 aromatic carbocycles. The Morgan fingerprint density at radius 1 is 1.12 bits per heavy atom. The van der Waals surface area contributed by atoms with E-state index in [0.29, 0.717) is 13.2 Å². The Bertz CT molecular complexity index is 664. The minimum atomic E-state index is 0.594. The molecule has 5 nitrogen and oxygen atoms in total. The number of thiazole rings is 1. The molecule has 0 aliphatic rings. The summed E-state index contributed by atoms with van der Waals surface area (Å²) in [6.45, 7) is 8.30. The standard InChI is InChI=1S/C18H26N4OS/c1-13-5-7-16(8-6-13)23-12-11-21-18(19-4)20-10-9-17-14(2)22-15(3)24-17/h5-8H,9-12H2,1-4H3,(H2,19,20,21). The number of hydrogen-bond acceptors (Lipinski definition) is 4.